The van der Waals surface area contributed by atoms with Crippen LogP contribution in [0.3, 0.4) is 0 Å². The summed E-state index contributed by atoms with van der Waals surface area (Å²) in [6, 6.07) is 1.81. The number of aromatic nitrogens is 1. The van der Waals surface area contributed by atoms with E-state index in [1.54, 1.807) is 6.20 Å². The second kappa shape index (κ2) is 3.88. The van der Waals surface area contributed by atoms with Crippen molar-refractivity contribution >= 4 is 11.5 Å². The van der Waals surface area contributed by atoms with Crippen LogP contribution in [0.15, 0.2) is 12.3 Å². The van der Waals surface area contributed by atoms with Crippen LogP contribution < -0.4 is 10.6 Å². The summed E-state index contributed by atoms with van der Waals surface area (Å²) in [4.78, 5) is 6.10. The van der Waals surface area contributed by atoms with Gasteiger partial charge < -0.3 is 10.6 Å². The van der Waals surface area contributed by atoms with Gasteiger partial charge in [0.05, 0.1) is 11.9 Å². The molecule has 1 aromatic heterocycles. The smallest absolute Gasteiger partial charge is 0.251 e. The Hall–Kier alpha value is -1.39. The number of anilines is 2. The van der Waals surface area contributed by atoms with Crippen molar-refractivity contribution in [2.24, 2.45) is 0 Å². The fourth-order valence-corrected chi connectivity index (χ4v) is 1.97. The van der Waals surface area contributed by atoms with Gasteiger partial charge in [0.15, 0.2) is 0 Å². The molecule has 0 amide bonds. The van der Waals surface area contributed by atoms with E-state index in [2.05, 4.69) is 4.98 Å². The van der Waals surface area contributed by atoms with Crippen LogP contribution in [0.1, 0.15) is 18.4 Å². The van der Waals surface area contributed by atoms with Crippen LogP contribution in [0, 0.1) is 6.92 Å². The maximum atomic E-state index is 13.0. The van der Waals surface area contributed by atoms with Crippen molar-refractivity contribution in [2.45, 2.75) is 25.7 Å². The van der Waals surface area contributed by atoms with Gasteiger partial charge in [-0.25, -0.2) is 13.8 Å². The zero-order chi connectivity index (χ0) is 11.8. The second-order valence-electron chi connectivity index (χ2n) is 4.25. The van der Waals surface area contributed by atoms with Gasteiger partial charge in [0.2, 0.25) is 0 Å². The van der Waals surface area contributed by atoms with Gasteiger partial charge in [-0.3, -0.25) is 0 Å². The third-order valence-electron chi connectivity index (χ3n) is 2.87. The highest BCUT2D eigenvalue weighted by atomic mass is 19.3. The first-order chi connectivity index (χ1) is 7.48. The largest absolute Gasteiger partial charge is 0.397 e. The molecule has 0 radical (unpaired) electrons. The highest BCUT2D eigenvalue weighted by Gasteiger charge is 2.34. The molecule has 1 saturated heterocycles. The highest BCUT2D eigenvalue weighted by Crippen LogP contribution is 2.30. The number of nitrogens with two attached hydrogens (primary N) is 1. The number of hydrogen-bond acceptors (Lipinski definition) is 3. The van der Waals surface area contributed by atoms with Gasteiger partial charge in [0.25, 0.3) is 5.92 Å². The quantitative estimate of drug-likeness (QED) is 0.799. The number of halogens is 2. The summed E-state index contributed by atoms with van der Waals surface area (Å²) in [5, 5.41) is 0. The lowest BCUT2D eigenvalue weighted by atomic mass is 10.1. The fourth-order valence-electron chi connectivity index (χ4n) is 1.97. The number of nitrogens with zero attached hydrogens (tertiary/aromatic N) is 2. The van der Waals surface area contributed by atoms with E-state index in [1.807, 2.05) is 17.9 Å². The Labute approximate surface area is 93.3 Å². The molecule has 88 valence electrons. The third kappa shape index (κ3) is 2.23. The fraction of sp³-hybridized carbons (Fsp3) is 0.545. The predicted octanol–water partition coefficient (Wildman–Crippen LogP) is 2.21. The van der Waals surface area contributed by atoms with E-state index in [-0.39, 0.29) is 12.8 Å². The second-order valence-corrected chi connectivity index (χ2v) is 4.25. The normalized spacial score (nSPS) is 19.8. The van der Waals surface area contributed by atoms with Crippen molar-refractivity contribution in [2.75, 3.05) is 23.7 Å². The molecule has 3 nitrogen and oxygen atoms in total. The van der Waals surface area contributed by atoms with Gasteiger partial charge >= 0.3 is 0 Å². The Morgan fingerprint density at radius 1 is 1.38 bits per heavy atom. The Kier molecular flexibility index (Phi) is 2.69. The van der Waals surface area contributed by atoms with E-state index in [0.29, 0.717) is 18.8 Å². The lowest BCUT2D eigenvalue weighted by Gasteiger charge is -2.33. The van der Waals surface area contributed by atoms with Crippen LogP contribution in [0.4, 0.5) is 20.3 Å². The van der Waals surface area contributed by atoms with Gasteiger partial charge in [-0.1, -0.05) is 0 Å². The molecule has 1 aliphatic rings. The Bertz CT molecular complexity index is 383. The number of pyridine rings is 1. The summed E-state index contributed by atoms with van der Waals surface area (Å²) >= 11 is 0. The molecular formula is C11H15F2N3. The predicted molar refractivity (Wildman–Crippen MR) is 59.8 cm³/mol. The van der Waals surface area contributed by atoms with Crippen LogP contribution >= 0.6 is 0 Å². The Morgan fingerprint density at radius 2 is 2.00 bits per heavy atom. The lowest BCUT2D eigenvalue weighted by molar-refractivity contribution is -0.0221. The number of piperidine rings is 1. The van der Waals surface area contributed by atoms with Crippen molar-refractivity contribution < 1.29 is 8.78 Å². The third-order valence-corrected chi connectivity index (χ3v) is 2.87. The first-order valence-electron chi connectivity index (χ1n) is 5.33. The lowest BCUT2D eigenvalue weighted by Crippen LogP contribution is -2.40. The van der Waals surface area contributed by atoms with E-state index >= 15 is 0 Å². The molecule has 0 atom stereocenters. The summed E-state index contributed by atoms with van der Waals surface area (Å²) in [6.45, 7) is 2.60. The molecule has 0 unspecified atom stereocenters. The van der Waals surface area contributed by atoms with E-state index in [4.69, 9.17) is 5.73 Å². The molecule has 1 fully saturated rings. The van der Waals surface area contributed by atoms with Gasteiger partial charge in [-0.15, -0.1) is 0 Å². The van der Waals surface area contributed by atoms with Gasteiger partial charge in [-0.2, -0.15) is 0 Å². The summed E-state index contributed by atoms with van der Waals surface area (Å²) in [6.07, 6.45) is 1.37. The Morgan fingerprint density at radius 3 is 2.56 bits per heavy atom. The topological polar surface area (TPSA) is 42.1 Å². The molecule has 1 aromatic rings. The van der Waals surface area contributed by atoms with Crippen molar-refractivity contribution in [1.82, 2.24) is 4.98 Å². The minimum absolute atomic E-state index is 0.0987. The summed E-state index contributed by atoms with van der Waals surface area (Å²) < 4.78 is 26.0. The molecule has 1 aliphatic heterocycles. The molecule has 0 aromatic carbocycles. The first-order valence-corrected chi connectivity index (χ1v) is 5.33. The highest BCUT2D eigenvalue weighted by molar-refractivity contribution is 5.52. The maximum absolute atomic E-state index is 13.0. The van der Waals surface area contributed by atoms with Gasteiger partial charge in [0, 0.05) is 25.9 Å². The molecule has 2 N–H and O–H groups in total. The molecule has 5 heteroatoms. The molecule has 16 heavy (non-hydrogen) atoms. The van der Waals surface area contributed by atoms with E-state index in [1.165, 1.54) is 0 Å². The molecule has 0 spiro atoms. The molecule has 0 saturated carbocycles. The van der Waals surface area contributed by atoms with Crippen molar-refractivity contribution in [1.29, 1.82) is 0 Å². The number of rotatable bonds is 1. The Balaban J connectivity index is 2.14. The van der Waals surface area contributed by atoms with Crippen LogP contribution in [-0.2, 0) is 0 Å². The molecule has 2 rings (SSSR count). The van der Waals surface area contributed by atoms with Crippen LogP contribution in [-0.4, -0.2) is 24.0 Å². The van der Waals surface area contributed by atoms with Crippen LogP contribution in [0.5, 0.6) is 0 Å². The van der Waals surface area contributed by atoms with Gasteiger partial charge in [0.1, 0.15) is 5.82 Å². The maximum Gasteiger partial charge on any atom is 0.251 e. The van der Waals surface area contributed by atoms with E-state index in [0.717, 1.165) is 11.4 Å². The number of nitrogen functional groups attached to an aromatic ring is 1. The first kappa shape index (κ1) is 11.1. The van der Waals surface area contributed by atoms with Crippen LogP contribution in [0.2, 0.25) is 0 Å². The zero-order valence-electron chi connectivity index (χ0n) is 9.21. The van der Waals surface area contributed by atoms with E-state index in [9.17, 15) is 8.78 Å². The molecular weight excluding hydrogens is 212 g/mol. The number of hydrogen-bond donors (Lipinski definition) is 1. The monoisotopic (exact) mass is 227 g/mol. The van der Waals surface area contributed by atoms with Crippen LogP contribution in [0.25, 0.3) is 0 Å². The number of alkyl halides is 2. The molecule has 0 bridgehead atoms. The zero-order valence-corrected chi connectivity index (χ0v) is 9.21. The average Bonchev–Trinajstić information content (AvgIpc) is 2.19. The van der Waals surface area contributed by atoms with Gasteiger partial charge in [-0.05, 0) is 18.6 Å². The SMILES string of the molecule is Cc1cc(N)cnc1N1CCC(F)(F)CC1. The van der Waals surface area contributed by atoms with Crippen molar-refractivity contribution in [3.8, 4) is 0 Å². The molecule has 0 aliphatic carbocycles. The standard InChI is InChI=1S/C11H15F2N3/c1-8-6-9(14)7-15-10(8)16-4-2-11(12,13)3-5-16/h6-7H,2-5,14H2,1H3. The minimum atomic E-state index is -2.52. The summed E-state index contributed by atoms with van der Waals surface area (Å²) in [7, 11) is 0. The summed E-state index contributed by atoms with van der Waals surface area (Å²) in [5.41, 5.74) is 7.14. The number of aryl methyl sites for hydroxylation is 1. The minimum Gasteiger partial charge on any atom is -0.397 e. The molecule has 2 heterocycles. The van der Waals surface area contributed by atoms with Crippen molar-refractivity contribution in [3.63, 3.8) is 0 Å². The van der Waals surface area contributed by atoms with E-state index < -0.39 is 5.92 Å². The average molecular weight is 227 g/mol. The van der Waals surface area contributed by atoms with Crippen molar-refractivity contribution in [3.05, 3.63) is 17.8 Å². The summed E-state index contributed by atoms with van der Waals surface area (Å²) in [5.74, 6) is -1.75.